The van der Waals surface area contributed by atoms with Crippen LogP contribution in [0, 0.1) is 5.92 Å². The highest BCUT2D eigenvalue weighted by molar-refractivity contribution is 5.59. The molecule has 2 aromatic rings. The largest absolute Gasteiger partial charge is 0.493 e. The number of hydrogen-bond donors (Lipinski definition) is 1. The van der Waals surface area contributed by atoms with Gasteiger partial charge in [0.25, 0.3) is 0 Å². The van der Waals surface area contributed by atoms with Gasteiger partial charge in [-0.05, 0) is 41.0 Å². The molecule has 0 spiro atoms. The van der Waals surface area contributed by atoms with Crippen molar-refractivity contribution in [1.82, 2.24) is 0 Å². The highest BCUT2D eigenvalue weighted by Crippen LogP contribution is 2.65. The van der Waals surface area contributed by atoms with Gasteiger partial charge in [0.05, 0.1) is 47.6 Å². The number of aliphatic hydroxyl groups is 1. The number of ether oxygens (including phenoxy) is 6. The molecule has 2 aromatic carbocycles. The Hall–Kier alpha value is -2.48. The minimum absolute atomic E-state index is 0.177. The standard InChI is InChI=1S/C22H24O7/c1-24-15-6-5-12(7-16(15)25-2)22-14-9-18(27-4)17(26-3)8-13(14)20-21(23,11-29-22)19(22)10-28-20/h5-9,19-20,23H,10-11H2,1-4H3/t19-,20-,21+,22-/m0/s1. The quantitative estimate of drug-likeness (QED) is 0.826. The topological polar surface area (TPSA) is 75.6 Å². The third-order valence-corrected chi connectivity index (χ3v) is 6.56. The van der Waals surface area contributed by atoms with Crippen LogP contribution in [0.5, 0.6) is 23.0 Å². The molecule has 7 heteroatoms. The molecule has 0 aromatic heterocycles. The second kappa shape index (κ2) is 6.26. The molecule has 2 fully saturated rings. The molecule has 154 valence electrons. The van der Waals surface area contributed by atoms with Crippen molar-refractivity contribution >= 4 is 0 Å². The number of benzene rings is 2. The molecule has 0 amide bonds. The molecule has 29 heavy (non-hydrogen) atoms. The molecule has 5 rings (SSSR count). The van der Waals surface area contributed by atoms with Crippen LogP contribution in [0.4, 0.5) is 0 Å². The van der Waals surface area contributed by atoms with Crippen molar-refractivity contribution in [2.75, 3.05) is 41.7 Å². The Balaban J connectivity index is 1.80. The van der Waals surface area contributed by atoms with Crippen LogP contribution in [0.25, 0.3) is 0 Å². The van der Waals surface area contributed by atoms with E-state index in [0.717, 1.165) is 16.7 Å². The summed E-state index contributed by atoms with van der Waals surface area (Å²) < 4.78 is 34.5. The third kappa shape index (κ3) is 2.18. The molecule has 4 atom stereocenters. The van der Waals surface area contributed by atoms with Crippen LogP contribution in [-0.2, 0) is 15.1 Å². The molecule has 0 saturated carbocycles. The lowest BCUT2D eigenvalue weighted by Crippen LogP contribution is -2.48. The van der Waals surface area contributed by atoms with E-state index in [2.05, 4.69) is 0 Å². The van der Waals surface area contributed by atoms with Crippen molar-refractivity contribution in [3.8, 4) is 23.0 Å². The van der Waals surface area contributed by atoms with Gasteiger partial charge >= 0.3 is 0 Å². The third-order valence-electron chi connectivity index (χ3n) is 6.56. The van der Waals surface area contributed by atoms with E-state index in [-0.39, 0.29) is 12.5 Å². The lowest BCUT2D eigenvalue weighted by molar-refractivity contribution is -0.0604. The molecule has 1 aliphatic carbocycles. The summed E-state index contributed by atoms with van der Waals surface area (Å²) in [5, 5.41) is 11.5. The van der Waals surface area contributed by atoms with Gasteiger partial charge in [-0.2, -0.15) is 0 Å². The first-order valence-corrected chi connectivity index (χ1v) is 9.50. The summed E-state index contributed by atoms with van der Waals surface area (Å²) in [7, 11) is 6.40. The molecule has 7 nitrogen and oxygen atoms in total. The molecule has 2 saturated heterocycles. The van der Waals surface area contributed by atoms with Gasteiger partial charge in [0.2, 0.25) is 0 Å². The average molecular weight is 400 g/mol. The fourth-order valence-electron chi connectivity index (χ4n) is 5.20. The zero-order valence-corrected chi connectivity index (χ0v) is 16.9. The number of hydrogen-bond acceptors (Lipinski definition) is 7. The fraction of sp³-hybridized carbons (Fsp3) is 0.455. The molecular formula is C22H24O7. The van der Waals surface area contributed by atoms with Crippen LogP contribution in [0.1, 0.15) is 22.8 Å². The minimum Gasteiger partial charge on any atom is -0.493 e. The molecule has 2 aliphatic heterocycles. The van der Waals surface area contributed by atoms with Crippen LogP contribution in [0.2, 0.25) is 0 Å². The predicted octanol–water partition coefficient (Wildman–Crippen LogP) is 2.43. The second-order valence-electron chi connectivity index (χ2n) is 7.65. The maximum absolute atomic E-state index is 11.5. The van der Waals surface area contributed by atoms with Crippen molar-refractivity contribution in [3.63, 3.8) is 0 Å². The van der Waals surface area contributed by atoms with Crippen molar-refractivity contribution in [3.05, 3.63) is 47.0 Å². The van der Waals surface area contributed by atoms with Crippen LogP contribution < -0.4 is 18.9 Å². The Morgan fingerprint density at radius 2 is 1.55 bits per heavy atom. The van der Waals surface area contributed by atoms with Crippen LogP contribution in [0.15, 0.2) is 30.3 Å². The molecular weight excluding hydrogens is 376 g/mol. The van der Waals surface area contributed by atoms with Gasteiger partial charge in [0.15, 0.2) is 23.0 Å². The van der Waals surface area contributed by atoms with E-state index in [1.54, 1.807) is 28.4 Å². The Bertz CT molecular complexity index is 974. The first-order chi connectivity index (χ1) is 14.0. The normalized spacial score (nSPS) is 31.3. The molecule has 1 N–H and O–H groups in total. The highest BCUT2D eigenvalue weighted by Gasteiger charge is 2.71. The van der Waals surface area contributed by atoms with Crippen molar-refractivity contribution in [1.29, 1.82) is 0 Å². The first kappa shape index (κ1) is 18.5. The lowest BCUT2D eigenvalue weighted by Gasteiger charge is -2.41. The zero-order valence-electron chi connectivity index (χ0n) is 16.9. The summed E-state index contributed by atoms with van der Waals surface area (Å²) in [6.45, 7) is 0.560. The SMILES string of the molecule is COc1ccc([C@@]23OC[C@@]4(O)[C@@H]2CO[C@H]4c2cc(OC)c(OC)cc23)cc1OC. The van der Waals surface area contributed by atoms with E-state index in [4.69, 9.17) is 28.4 Å². The number of fused-ring (bicyclic) bond motifs is 3. The Kier molecular flexibility index (Phi) is 4.00. The monoisotopic (exact) mass is 400 g/mol. The number of methoxy groups -OCH3 is 4. The average Bonchev–Trinajstić information content (AvgIpc) is 3.16. The van der Waals surface area contributed by atoms with Gasteiger partial charge in [-0.3, -0.25) is 0 Å². The van der Waals surface area contributed by atoms with E-state index in [1.807, 2.05) is 30.3 Å². The molecule has 4 bridgehead atoms. The van der Waals surface area contributed by atoms with Crippen LogP contribution in [-0.4, -0.2) is 52.4 Å². The molecule has 3 aliphatic rings. The summed E-state index contributed by atoms with van der Waals surface area (Å²) >= 11 is 0. The number of rotatable bonds is 5. The Morgan fingerprint density at radius 1 is 0.897 bits per heavy atom. The maximum atomic E-state index is 11.5. The van der Waals surface area contributed by atoms with E-state index < -0.39 is 17.3 Å². The summed E-state index contributed by atoms with van der Waals surface area (Å²) in [6.07, 6.45) is -0.474. The molecule has 0 radical (unpaired) electrons. The molecule has 2 heterocycles. The smallest absolute Gasteiger partial charge is 0.161 e. The van der Waals surface area contributed by atoms with Gasteiger partial charge in [-0.15, -0.1) is 0 Å². The zero-order chi connectivity index (χ0) is 20.4. The van der Waals surface area contributed by atoms with Crippen molar-refractivity contribution in [2.45, 2.75) is 17.3 Å². The van der Waals surface area contributed by atoms with Crippen molar-refractivity contribution < 1.29 is 33.5 Å². The van der Waals surface area contributed by atoms with Crippen molar-refractivity contribution in [2.24, 2.45) is 5.92 Å². The van der Waals surface area contributed by atoms with E-state index in [9.17, 15) is 5.11 Å². The summed E-state index contributed by atoms with van der Waals surface area (Å²) in [6, 6.07) is 9.53. The van der Waals surface area contributed by atoms with E-state index >= 15 is 0 Å². The van der Waals surface area contributed by atoms with E-state index in [0.29, 0.717) is 29.6 Å². The first-order valence-electron chi connectivity index (χ1n) is 9.50. The van der Waals surface area contributed by atoms with Gasteiger partial charge in [-0.1, -0.05) is 6.07 Å². The van der Waals surface area contributed by atoms with Gasteiger partial charge in [-0.25, -0.2) is 0 Å². The summed E-state index contributed by atoms with van der Waals surface area (Å²) in [4.78, 5) is 0. The van der Waals surface area contributed by atoms with E-state index in [1.165, 1.54) is 0 Å². The Morgan fingerprint density at radius 3 is 2.24 bits per heavy atom. The fourth-order valence-corrected chi connectivity index (χ4v) is 5.20. The predicted molar refractivity (Wildman–Crippen MR) is 103 cm³/mol. The second-order valence-corrected chi connectivity index (χ2v) is 7.65. The maximum Gasteiger partial charge on any atom is 0.161 e. The van der Waals surface area contributed by atoms with Crippen LogP contribution in [0.3, 0.4) is 0 Å². The van der Waals surface area contributed by atoms with Crippen LogP contribution >= 0.6 is 0 Å². The van der Waals surface area contributed by atoms with Gasteiger partial charge < -0.3 is 33.5 Å². The summed E-state index contributed by atoms with van der Waals surface area (Å²) in [5.74, 6) is 2.16. The summed E-state index contributed by atoms with van der Waals surface area (Å²) in [5.41, 5.74) is 0.632. The highest BCUT2D eigenvalue weighted by atomic mass is 16.6. The minimum atomic E-state index is -1.11. The Labute approximate surface area is 169 Å². The molecule has 0 unspecified atom stereocenters. The van der Waals surface area contributed by atoms with Gasteiger partial charge in [0.1, 0.15) is 17.3 Å². The lowest BCUT2D eigenvalue weighted by atomic mass is 9.64. The van der Waals surface area contributed by atoms with Gasteiger partial charge in [0, 0.05) is 0 Å².